The average molecular weight is 343 g/mol. The van der Waals surface area contributed by atoms with Crippen LogP contribution in [0, 0.1) is 0 Å². The first-order valence-electron chi connectivity index (χ1n) is 7.17. The van der Waals surface area contributed by atoms with Crippen LogP contribution < -0.4 is 5.32 Å². The second-order valence-electron chi connectivity index (χ2n) is 7.06. The van der Waals surface area contributed by atoms with Gasteiger partial charge in [-0.25, -0.2) is 4.99 Å². The molecule has 23 heavy (non-hydrogen) atoms. The van der Waals surface area contributed by atoms with E-state index in [1.807, 2.05) is 51.1 Å². The highest BCUT2D eigenvalue weighted by atomic mass is 32.3. The topological polar surface area (TPSA) is 91.2 Å². The lowest BCUT2D eigenvalue weighted by molar-refractivity contribution is -0.0581. The fourth-order valence-corrected chi connectivity index (χ4v) is 2.13. The normalized spacial score (nSPS) is 13.8. The van der Waals surface area contributed by atoms with Crippen LogP contribution in [0.2, 0.25) is 0 Å². The maximum Gasteiger partial charge on any atom is 0.418 e. The summed E-state index contributed by atoms with van der Waals surface area (Å²) in [7, 11) is -4.69. The van der Waals surface area contributed by atoms with Crippen molar-refractivity contribution in [3.63, 3.8) is 0 Å². The zero-order chi connectivity index (χ0) is 17.9. The predicted molar refractivity (Wildman–Crippen MR) is 91.5 cm³/mol. The monoisotopic (exact) mass is 343 g/mol. The maximum atomic E-state index is 11.2. The van der Waals surface area contributed by atoms with Crippen LogP contribution in [0.25, 0.3) is 0 Å². The quantitative estimate of drug-likeness (QED) is 0.379. The third kappa shape index (κ3) is 7.45. The summed E-state index contributed by atoms with van der Waals surface area (Å²) >= 11 is 0. The van der Waals surface area contributed by atoms with Gasteiger partial charge in [0.25, 0.3) is 0 Å². The number of anilines is 1. The molecule has 0 radical (unpaired) electrons. The summed E-state index contributed by atoms with van der Waals surface area (Å²) in [6.07, 6.45) is 0. The van der Waals surface area contributed by atoms with Crippen molar-refractivity contribution in [1.82, 2.24) is 5.06 Å². The Bertz CT molecular complexity index is 644. The lowest BCUT2D eigenvalue weighted by Gasteiger charge is -2.35. The third-order valence-electron chi connectivity index (χ3n) is 2.44. The molecule has 0 amide bonds. The number of para-hydroxylation sites is 1. The summed E-state index contributed by atoms with van der Waals surface area (Å²) in [6.45, 7) is 10.8. The number of hydrogen-bond donors (Lipinski definition) is 2. The van der Waals surface area contributed by atoms with E-state index in [0.29, 0.717) is 5.69 Å². The molecule has 0 saturated heterocycles. The molecule has 0 saturated carbocycles. The molecule has 8 heteroatoms. The van der Waals surface area contributed by atoms with Crippen LogP contribution in [0.4, 0.5) is 5.69 Å². The fourth-order valence-electron chi connectivity index (χ4n) is 1.65. The summed E-state index contributed by atoms with van der Waals surface area (Å²) in [5, 5.41) is 4.08. The molecule has 0 aliphatic rings. The Labute approximate surface area is 138 Å². The van der Waals surface area contributed by atoms with Crippen LogP contribution in [-0.4, -0.2) is 35.1 Å². The van der Waals surface area contributed by atoms with E-state index in [-0.39, 0.29) is 5.96 Å². The van der Waals surface area contributed by atoms with E-state index in [1.165, 1.54) is 0 Å². The van der Waals surface area contributed by atoms with Gasteiger partial charge in [-0.05, 0) is 53.7 Å². The van der Waals surface area contributed by atoms with Crippen LogP contribution in [0.5, 0.6) is 0 Å². The molecule has 0 aliphatic carbocycles. The van der Waals surface area contributed by atoms with Gasteiger partial charge in [-0.15, -0.1) is 4.28 Å². The lowest BCUT2D eigenvalue weighted by Crippen LogP contribution is -2.50. The number of hydrogen-bond acceptors (Lipinski definition) is 4. The van der Waals surface area contributed by atoms with Crippen molar-refractivity contribution in [2.45, 2.75) is 52.6 Å². The second kappa shape index (κ2) is 6.86. The molecular formula is C15H25N3O4S. The summed E-state index contributed by atoms with van der Waals surface area (Å²) < 4.78 is 36.3. The molecular weight excluding hydrogens is 318 g/mol. The first-order valence-corrected chi connectivity index (χ1v) is 8.54. The van der Waals surface area contributed by atoms with E-state index in [9.17, 15) is 8.42 Å². The van der Waals surface area contributed by atoms with Gasteiger partial charge in [0.15, 0.2) is 0 Å². The number of guanidine groups is 1. The van der Waals surface area contributed by atoms with Gasteiger partial charge in [0.1, 0.15) is 0 Å². The largest absolute Gasteiger partial charge is 0.418 e. The first kappa shape index (κ1) is 19.4. The van der Waals surface area contributed by atoms with Gasteiger partial charge in [0, 0.05) is 5.69 Å². The van der Waals surface area contributed by atoms with Crippen molar-refractivity contribution in [2.24, 2.45) is 4.99 Å². The summed E-state index contributed by atoms with van der Waals surface area (Å²) in [5.41, 5.74) is -0.561. The molecule has 0 unspecified atom stereocenters. The van der Waals surface area contributed by atoms with Crippen LogP contribution in [0.15, 0.2) is 35.3 Å². The van der Waals surface area contributed by atoms with Crippen LogP contribution >= 0.6 is 0 Å². The molecule has 0 aliphatic heterocycles. The summed E-state index contributed by atoms with van der Waals surface area (Å²) in [6, 6.07) is 9.16. The Morgan fingerprint density at radius 1 is 1.13 bits per heavy atom. The molecule has 1 aromatic carbocycles. The number of benzene rings is 1. The summed E-state index contributed by atoms with van der Waals surface area (Å²) in [5.74, 6) is 0.175. The molecule has 1 aromatic rings. The van der Waals surface area contributed by atoms with Crippen LogP contribution in [0.3, 0.4) is 0 Å². The summed E-state index contributed by atoms with van der Waals surface area (Å²) in [4.78, 5) is 4.49. The number of rotatable bonds is 3. The Balaban J connectivity index is 3.31. The Kier molecular flexibility index (Phi) is 5.79. The zero-order valence-corrected chi connectivity index (χ0v) is 15.2. The van der Waals surface area contributed by atoms with E-state index < -0.39 is 21.5 Å². The van der Waals surface area contributed by atoms with Gasteiger partial charge < -0.3 is 5.32 Å². The molecule has 2 N–H and O–H groups in total. The van der Waals surface area contributed by atoms with Crippen molar-refractivity contribution in [3.8, 4) is 0 Å². The highest BCUT2D eigenvalue weighted by Gasteiger charge is 2.32. The minimum atomic E-state index is -4.69. The van der Waals surface area contributed by atoms with E-state index in [1.54, 1.807) is 20.8 Å². The zero-order valence-electron chi connectivity index (χ0n) is 14.4. The van der Waals surface area contributed by atoms with Crippen molar-refractivity contribution in [2.75, 3.05) is 5.32 Å². The SMILES string of the molecule is CC(C)(C)N=C(Nc1ccccc1)N(OS(=O)(=O)O)C(C)(C)C. The van der Waals surface area contributed by atoms with E-state index in [2.05, 4.69) is 10.3 Å². The molecule has 0 aromatic heterocycles. The van der Waals surface area contributed by atoms with Gasteiger partial charge in [-0.3, -0.25) is 4.55 Å². The third-order valence-corrected chi connectivity index (χ3v) is 2.78. The standard InChI is InChI=1S/C15H25N3O4S/c1-14(2,3)17-13(16-12-10-8-7-9-11-12)18(15(4,5)6)22-23(19,20)21/h7-11H,1-6H3,(H,16,17)(H,19,20,21). The average Bonchev–Trinajstić information content (AvgIpc) is 2.32. The van der Waals surface area contributed by atoms with Gasteiger partial charge in [0.05, 0.1) is 11.1 Å². The van der Waals surface area contributed by atoms with Crippen molar-refractivity contribution in [1.29, 1.82) is 0 Å². The smallest absolute Gasteiger partial charge is 0.324 e. The lowest BCUT2D eigenvalue weighted by atomic mass is 10.1. The first-order chi connectivity index (χ1) is 10.3. The Morgan fingerprint density at radius 2 is 1.65 bits per heavy atom. The molecule has 0 atom stereocenters. The van der Waals surface area contributed by atoms with Gasteiger partial charge in [-0.1, -0.05) is 18.2 Å². The van der Waals surface area contributed by atoms with Gasteiger partial charge >= 0.3 is 10.4 Å². The van der Waals surface area contributed by atoms with Crippen LogP contribution in [-0.2, 0) is 14.7 Å². The van der Waals surface area contributed by atoms with Crippen LogP contribution in [0.1, 0.15) is 41.5 Å². The Hall–Kier alpha value is -1.64. The highest BCUT2D eigenvalue weighted by Crippen LogP contribution is 2.20. The molecule has 130 valence electrons. The van der Waals surface area contributed by atoms with Crippen molar-refractivity contribution >= 4 is 22.0 Å². The molecule has 0 spiro atoms. The number of hydroxylamine groups is 2. The predicted octanol–water partition coefficient (Wildman–Crippen LogP) is 3.09. The molecule has 1 rings (SSSR count). The van der Waals surface area contributed by atoms with Crippen molar-refractivity contribution in [3.05, 3.63) is 30.3 Å². The molecule has 0 fully saturated rings. The van der Waals surface area contributed by atoms with E-state index in [0.717, 1.165) is 5.06 Å². The van der Waals surface area contributed by atoms with Gasteiger partial charge in [-0.2, -0.15) is 13.5 Å². The van der Waals surface area contributed by atoms with E-state index >= 15 is 0 Å². The molecule has 7 nitrogen and oxygen atoms in total. The molecule has 0 heterocycles. The molecule has 0 bridgehead atoms. The highest BCUT2D eigenvalue weighted by molar-refractivity contribution is 7.80. The maximum absolute atomic E-state index is 11.2. The van der Waals surface area contributed by atoms with Crippen molar-refractivity contribution < 1.29 is 17.3 Å². The number of nitrogens with zero attached hydrogens (tertiary/aromatic N) is 2. The van der Waals surface area contributed by atoms with E-state index in [4.69, 9.17) is 8.84 Å². The number of nitrogens with one attached hydrogen (secondary N) is 1. The fraction of sp³-hybridized carbons (Fsp3) is 0.533. The number of aliphatic imine (C=N–C) groups is 1. The Morgan fingerprint density at radius 3 is 2.04 bits per heavy atom. The minimum absolute atomic E-state index is 0.175. The minimum Gasteiger partial charge on any atom is -0.324 e. The second-order valence-corrected chi connectivity index (χ2v) is 8.07. The van der Waals surface area contributed by atoms with Gasteiger partial charge in [0.2, 0.25) is 5.96 Å².